The van der Waals surface area contributed by atoms with Crippen LogP contribution in [0.2, 0.25) is 0 Å². The van der Waals surface area contributed by atoms with Gasteiger partial charge in [-0.2, -0.15) is 0 Å². The van der Waals surface area contributed by atoms with Gasteiger partial charge in [-0.25, -0.2) is 8.78 Å². The van der Waals surface area contributed by atoms with Crippen molar-refractivity contribution < 1.29 is 18.4 Å². The number of halogens is 2. The van der Waals surface area contributed by atoms with E-state index >= 15 is 0 Å². The summed E-state index contributed by atoms with van der Waals surface area (Å²) in [5, 5.41) is 7.50. The molecule has 0 fully saturated rings. The van der Waals surface area contributed by atoms with Gasteiger partial charge in [0, 0.05) is 6.04 Å². The number of nitrogens with one attached hydrogen (secondary N) is 2. The minimum Gasteiger partial charge on any atom is -0.366 e. The minimum absolute atomic E-state index is 0.0593. The molecule has 0 radical (unpaired) electrons. The minimum atomic E-state index is -0.940. The molecule has 1 aromatic carbocycles. The van der Waals surface area contributed by atoms with Crippen molar-refractivity contribution in [1.82, 2.24) is 5.32 Å². The Bertz CT molecular complexity index is 733. The number of benzene rings is 1. The highest BCUT2D eigenvalue weighted by molar-refractivity contribution is 7.14. The number of carbonyl (C=O) groups is 2. The van der Waals surface area contributed by atoms with E-state index < -0.39 is 17.5 Å². The Morgan fingerprint density at radius 3 is 2.65 bits per heavy atom. The molecule has 4 N–H and O–H groups in total. The first-order valence-corrected chi connectivity index (χ1v) is 7.62. The Kier molecular flexibility index (Phi) is 5.41. The molecule has 0 bridgehead atoms. The van der Waals surface area contributed by atoms with Crippen molar-refractivity contribution in [3.05, 3.63) is 52.4 Å². The van der Waals surface area contributed by atoms with Crippen molar-refractivity contribution in [2.45, 2.75) is 13.0 Å². The summed E-state index contributed by atoms with van der Waals surface area (Å²) in [6, 6.07) is 4.73. The highest BCUT2D eigenvalue weighted by Crippen LogP contribution is 2.22. The fraction of sp³-hybridized carbons (Fsp3) is 0.200. The SMILES string of the molecule is C[C@H](NCC(=O)Nc1sccc1C(N)=O)c1ccc(F)c(F)c1. The van der Waals surface area contributed by atoms with Crippen LogP contribution in [0.15, 0.2) is 29.6 Å². The second-order valence-corrected chi connectivity index (χ2v) is 5.77. The summed E-state index contributed by atoms with van der Waals surface area (Å²) >= 11 is 1.19. The van der Waals surface area contributed by atoms with Gasteiger partial charge in [0.2, 0.25) is 5.91 Å². The van der Waals surface area contributed by atoms with Crippen molar-refractivity contribution in [2.75, 3.05) is 11.9 Å². The molecule has 8 heteroatoms. The number of thiophene rings is 1. The summed E-state index contributed by atoms with van der Waals surface area (Å²) in [5.41, 5.74) is 5.96. The summed E-state index contributed by atoms with van der Waals surface area (Å²) in [6.45, 7) is 1.66. The second kappa shape index (κ2) is 7.30. The van der Waals surface area contributed by atoms with E-state index in [0.29, 0.717) is 10.6 Å². The predicted octanol–water partition coefficient (Wildman–Crippen LogP) is 2.41. The third-order valence-corrected chi connectivity index (χ3v) is 4.03. The normalized spacial score (nSPS) is 12.0. The van der Waals surface area contributed by atoms with Gasteiger partial charge in [0.15, 0.2) is 11.6 Å². The van der Waals surface area contributed by atoms with Crippen LogP contribution in [0.4, 0.5) is 13.8 Å². The molecule has 2 aromatic rings. The largest absolute Gasteiger partial charge is 0.366 e. The molecular formula is C15H15F2N3O2S. The van der Waals surface area contributed by atoms with E-state index in [2.05, 4.69) is 10.6 Å². The molecule has 0 unspecified atom stereocenters. The molecule has 122 valence electrons. The van der Waals surface area contributed by atoms with E-state index in [1.807, 2.05) is 0 Å². The first-order chi connectivity index (χ1) is 10.9. The molecule has 0 spiro atoms. The molecule has 0 saturated heterocycles. The molecular weight excluding hydrogens is 324 g/mol. The van der Waals surface area contributed by atoms with Crippen molar-refractivity contribution in [3.8, 4) is 0 Å². The van der Waals surface area contributed by atoms with E-state index in [4.69, 9.17) is 5.73 Å². The predicted molar refractivity (Wildman–Crippen MR) is 84.2 cm³/mol. The monoisotopic (exact) mass is 339 g/mol. The molecule has 2 rings (SSSR count). The maximum atomic E-state index is 13.2. The summed E-state index contributed by atoms with van der Waals surface area (Å²) in [7, 11) is 0. The summed E-state index contributed by atoms with van der Waals surface area (Å²) in [5.74, 6) is -2.85. The molecule has 0 aliphatic heterocycles. The number of primary amides is 1. The Morgan fingerprint density at radius 2 is 2.00 bits per heavy atom. The second-order valence-electron chi connectivity index (χ2n) is 4.85. The number of hydrogen-bond donors (Lipinski definition) is 3. The smallest absolute Gasteiger partial charge is 0.251 e. The van der Waals surface area contributed by atoms with Crippen LogP contribution in [-0.2, 0) is 4.79 Å². The van der Waals surface area contributed by atoms with Gasteiger partial charge in [0.25, 0.3) is 5.91 Å². The molecule has 0 aliphatic rings. The number of rotatable bonds is 6. The first kappa shape index (κ1) is 17.0. The number of carbonyl (C=O) groups excluding carboxylic acids is 2. The summed E-state index contributed by atoms with van der Waals surface area (Å²) in [6.07, 6.45) is 0. The van der Waals surface area contributed by atoms with Crippen LogP contribution in [0.1, 0.15) is 28.9 Å². The van der Waals surface area contributed by atoms with Gasteiger partial charge in [-0.15, -0.1) is 11.3 Å². The lowest BCUT2D eigenvalue weighted by molar-refractivity contribution is -0.115. The van der Waals surface area contributed by atoms with E-state index in [-0.39, 0.29) is 24.1 Å². The Labute approximate surface area is 135 Å². The van der Waals surface area contributed by atoms with Gasteiger partial charge in [-0.1, -0.05) is 6.07 Å². The van der Waals surface area contributed by atoms with Crippen LogP contribution in [0, 0.1) is 11.6 Å². The molecule has 2 amide bonds. The third kappa shape index (κ3) is 4.33. The van der Waals surface area contributed by atoms with Crippen molar-refractivity contribution in [2.24, 2.45) is 5.73 Å². The molecule has 5 nitrogen and oxygen atoms in total. The van der Waals surface area contributed by atoms with Gasteiger partial charge < -0.3 is 16.4 Å². The van der Waals surface area contributed by atoms with Gasteiger partial charge in [0.1, 0.15) is 5.00 Å². The topological polar surface area (TPSA) is 84.2 Å². The van der Waals surface area contributed by atoms with E-state index in [0.717, 1.165) is 12.1 Å². The number of anilines is 1. The van der Waals surface area contributed by atoms with E-state index in [9.17, 15) is 18.4 Å². The molecule has 23 heavy (non-hydrogen) atoms. The van der Waals surface area contributed by atoms with Crippen LogP contribution in [0.25, 0.3) is 0 Å². The number of nitrogens with two attached hydrogens (primary N) is 1. The van der Waals surface area contributed by atoms with Crippen LogP contribution < -0.4 is 16.4 Å². The highest BCUT2D eigenvalue weighted by atomic mass is 32.1. The molecule has 1 aromatic heterocycles. The van der Waals surface area contributed by atoms with Crippen LogP contribution in [-0.4, -0.2) is 18.4 Å². The first-order valence-electron chi connectivity index (χ1n) is 6.74. The van der Waals surface area contributed by atoms with E-state index in [1.54, 1.807) is 12.3 Å². The lowest BCUT2D eigenvalue weighted by Gasteiger charge is -2.14. The number of amides is 2. The maximum absolute atomic E-state index is 13.2. The lowest BCUT2D eigenvalue weighted by Crippen LogP contribution is -2.30. The number of hydrogen-bond acceptors (Lipinski definition) is 4. The summed E-state index contributed by atoms with van der Waals surface area (Å²) in [4.78, 5) is 23.1. The van der Waals surface area contributed by atoms with Gasteiger partial charge in [-0.3, -0.25) is 9.59 Å². The Hall–Kier alpha value is -2.32. The Morgan fingerprint density at radius 1 is 1.26 bits per heavy atom. The standard InChI is InChI=1S/C15H15F2N3O2S/c1-8(9-2-3-11(16)12(17)6-9)19-7-13(21)20-15-10(14(18)22)4-5-23-15/h2-6,8,19H,7H2,1H3,(H2,18,22)(H,20,21)/t8-/m0/s1. The highest BCUT2D eigenvalue weighted by Gasteiger charge is 2.14. The fourth-order valence-corrected chi connectivity index (χ4v) is 2.72. The molecule has 0 saturated carbocycles. The molecule has 1 heterocycles. The lowest BCUT2D eigenvalue weighted by atomic mass is 10.1. The van der Waals surface area contributed by atoms with Crippen molar-refractivity contribution >= 4 is 28.2 Å². The third-order valence-electron chi connectivity index (χ3n) is 3.20. The van der Waals surface area contributed by atoms with E-state index in [1.165, 1.54) is 23.5 Å². The van der Waals surface area contributed by atoms with Gasteiger partial charge in [-0.05, 0) is 36.1 Å². The van der Waals surface area contributed by atoms with Crippen molar-refractivity contribution in [3.63, 3.8) is 0 Å². The zero-order valence-corrected chi connectivity index (χ0v) is 13.0. The van der Waals surface area contributed by atoms with Gasteiger partial charge in [0.05, 0.1) is 12.1 Å². The van der Waals surface area contributed by atoms with Crippen LogP contribution >= 0.6 is 11.3 Å². The summed E-state index contributed by atoms with van der Waals surface area (Å²) < 4.78 is 26.1. The van der Waals surface area contributed by atoms with Crippen LogP contribution in [0.5, 0.6) is 0 Å². The average Bonchev–Trinajstić information content (AvgIpc) is 2.96. The fourth-order valence-electron chi connectivity index (χ4n) is 1.92. The zero-order chi connectivity index (χ0) is 17.0. The average molecular weight is 339 g/mol. The maximum Gasteiger partial charge on any atom is 0.251 e. The zero-order valence-electron chi connectivity index (χ0n) is 12.2. The molecule has 0 aliphatic carbocycles. The van der Waals surface area contributed by atoms with Crippen LogP contribution in [0.3, 0.4) is 0 Å². The quantitative estimate of drug-likeness (QED) is 0.756. The Balaban J connectivity index is 1.92. The van der Waals surface area contributed by atoms with Gasteiger partial charge >= 0.3 is 0 Å². The van der Waals surface area contributed by atoms with Crippen molar-refractivity contribution in [1.29, 1.82) is 0 Å². The molecule has 1 atom stereocenters.